The predicted octanol–water partition coefficient (Wildman–Crippen LogP) is 6.01. The number of anilines is 1. The Morgan fingerprint density at radius 2 is 1.74 bits per heavy atom. The highest BCUT2D eigenvalue weighted by atomic mass is 35.5. The van der Waals surface area contributed by atoms with Crippen LogP contribution in [0.15, 0.2) is 59.5 Å². The van der Waals surface area contributed by atoms with Gasteiger partial charge in [0.2, 0.25) is 0 Å². The topological polar surface area (TPSA) is 77.1 Å². The second-order valence-corrected chi connectivity index (χ2v) is 11.3. The smallest absolute Gasteiger partial charge is 0.393 e. The van der Waals surface area contributed by atoms with Crippen molar-refractivity contribution in [3.8, 4) is 28.4 Å². The zero-order valence-electron chi connectivity index (χ0n) is 21.5. The van der Waals surface area contributed by atoms with E-state index in [9.17, 15) is 21.6 Å². The van der Waals surface area contributed by atoms with Crippen LogP contribution in [0.4, 0.5) is 18.9 Å². The zero-order chi connectivity index (χ0) is 28.4. The van der Waals surface area contributed by atoms with Crippen LogP contribution in [-0.2, 0) is 16.4 Å². The van der Waals surface area contributed by atoms with Crippen molar-refractivity contribution in [2.45, 2.75) is 30.0 Å². The van der Waals surface area contributed by atoms with E-state index in [4.69, 9.17) is 25.8 Å². The molecule has 7 nitrogen and oxygen atoms in total. The fourth-order valence-electron chi connectivity index (χ4n) is 4.43. The lowest BCUT2D eigenvalue weighted by Gasteiger charge is -2.18. The normalized spacial score (nSPS) is 16.2. The number of likely N-dealkylation sites (tertiary alicyclic amines) is 1. The Morgan fingerprint density at radius 3 is 2.38 bits per heavy atom. The third-order valence-electron chi connectivity index (χ3n) is 6.24. The molecule has 1 aliphatic heterocycles. The van der Waals surface area contributed by atoms with Gasteiger partial charge in [-0.05, 0) is 42.8 Å². The summed E-state index contributed by atoms with van der Waals surface area (Å²) in [4.78, 5) is 1.91. The fraction of sp³-hybridized carbons (Fsp3) is 0.333. The number of rotatable bonds is 9. The maximum Gasteiger partial charge on any atom is 0.393 e. The Kier molecular flexibility index (Phi) is 8.53. The van der Waals surface area contributed by atoms with Gasteiger partial charge in [0.25, 0.3) is 10.0 Å². The molecule has 0 amide bonds. The minimum absolute atomic E-state index is 0.0110. The molecule has 0 radical (unpaired) electrons. The Balaban J connectivity index is 1.73. The second kappa shape index (κ2) is 11.5. The molecule has 0 unspecified atom stereocenters. The van der Waals surface area contributed by atoms with Crippen molar-refractivity contribution >= 4 is 27.3 Å². The average molecular weight is 585 g/mol. The van der Waals surface area contributed by atoms with Gasteiger partial charge >= 0.3 is 6.18 Å². The van der Waals surface area contributed by atoms with Crippen LogP contribution in [0.2, 0.25) is 5.02 Å². The van der Waals surface area contributed by atoms with E-state index >= 15 is 0 Å². The molecule has 1 fully saturated rings. The van der Waals surface area contributed by atoms with Crippen molar-refractivity contribution < 1.29 is 35.8 Å². The first-order valence-electron chi connectivity index (χ1n) is 12.0. The van der Waals surface area contributed by atoms with Crippen LogP contribution in [0, 0.1) is 0 Å². The first-order valence-corrected chi connectivity index (χ1v) is 13.8. The van der Waals surface area contributed by atoms with Crippen molar-refractivity contribution in [3.05, 3.63) is 65.2 Å². The molecule has 210 valence electrons. The standard InChI is InChI=1S/C27H28ClF3N2O5S/c1-33-10-9-20(16-33)38-23-12-19(7-8-22(23)28)32-39(34,35)26-14-25(37-3)24(36-2)13-21(26)18-6-4-5-17(11-18)15-27(29,30)31/h4-8,11-14,20,32H,9-10,15-16H2,1-3H3/t20-/m1/s1. The first kappa shape index (κ1) is 28.8. The molecule has 1 saturated heterocycles. The van der Waals surface area contributed by atoms with Crippen molar-refractivity contribution in [2.75, 3.05) is 39.1 Å². The summed E-state index contributed by atoms with van der Waals surface area (Å²) in [6.45, 7) is 1.59. The van der Waals surface area contributed by atoms with Crippen molar-refractivity contribution in [1.82, 2.24) is 4.90 Å². The minimum Gasteiger partial charge on any atom is -0.493 e. The Labute approximate surface area is 230 Å². The van der Waals surface area contributed by atoms with E-state index < -0.39 is 22.6 Å². The number of halogens is 4. The lowest BCUT2D eigenvalue weighted by atomic mass is 10.0. The van der Waals surface area contributed by atoms with Crippen molar-refractivity contribution in [3.63, 3.8) is 0 Å². The van der Waals surface area contributed by atoms with Crippen LogP contribution in [0.25, 0.3) is 11.1 Å². The summed E-state index contributed by atoms with van der Waals surface area (Å²) in [5, 5.41) is 0.334. The highest BCUT2D eigenvalue weighted by Crippen LogP contribution is 2.40. The number of alkyl halides is 3. The monoisotopic (exact) mass is 584 g/mol. The van der Waals surface area contributed by atoms with Gasteiger partial charge in [0, 0.05) is 30.8 Å². The molecular formula is C27H28ClF3N2O5S. The molecule has 0 aliphatic carbocycles. The quantitative estimate of drug-likeness (QED) is 0.332. The summed E-state index contributed by atoms with van der Waals surface area (Å²) < 4.78 is 85.7. The van der Waals surface area contributed by atoms with Crippen LogP contribution in [0.5, 0.6) is 17.2 Å². The summed E-state index contributed by atoms with van der Waals surface area (Å²) in [7, 11) is 0.439. The van der Waals surface area contributed by atoms with Gasteiger partial charge in [0.15, 0.2) is 11.5 Å². The SMILES string of the molecule is COc1cc(-c2cccc(CC(F)(F)F)c2)c(S(=O)(=O)Nc2ccc(Cl)c(O[C@@H]3CCN(C)C3)c2)cc1OC. The number of nitrogens with one attached hydrogen (secondary N) is 1. The molecule has 4 rings (SSSR count). The number of hydrogen-bond acceptors (Lipinski definition) is 6. The fourth-order valence-corrected chi connectivity index (χ4v) is 5.86. The summed E-state index contributed by atoms with van der Waals surface area (Å²) in [5.41, 5.74) is 0.600. The summed E-state index contributed by atoms with van der Waals surface area (Å²) in [5.74, 6) is 0.694. The lowest BCUT2D eigenvalue weighted by molar-refractivity contribution is -0.127. The summed E-state index contributed by atoms with van der Waals surface area (Å²) in [6.07, 6.45) is -4.85. The molecule has 1 aliphatic rings. The lowest BCUT2D eigenvalue weighted by Crippen LogP contribution is -2.21. The van der Waals surface area contributed by atoms with Gasteiger partial charge in [0.1, 0.15) is 11.9 Å². The third-order valence-corrected chi connectivity index (χ3v) is 7.98. The zero-order valence-corrected chi connectivity index (χ0v) is 23.1. The highest BCUT2D eigenvalue weighted by molar-refractivity contribution is 7.92. The highest BCUT2D eigenvalue weighted by Gasteiger charge is 2.29. The largest absolute Gasteiger partial charge is 0.493 e. The number of benzene rings is 3. The summed E-state index contributed by atoms with van der Waals surface area (Å²) >= 11 is 6.31. The molecule has 3 aromatic rings. The minimum atomic E-state index is -4.42. The van der Waals surface area contributed by atoms with Gasteiger partial charge < -0.3 is 19.1 Å². The number of ether oxygens (including phenoxy) is 3. The maximum absolute atomic E-state index is 13.7. The van der Waals surface area contributed by atoms with Crippen LogP contribution >= 0.6 is 11.6 Å². The van der Waals surface area contributed by atoms with Gasteiger partial charge in [-0.2, -0.15) is 13.2 Å². The van der Waals surface area contributed by atoms with E-state index in [1.165, 1.54) is 68.8 Å². The van der Waals surface area contributed by atoms with E-state index in [2.05, 4.69) is 9.62 Å². The molecule has 0 saturated carbocycles. The van der Waals surface area contributed by atoms with E-state index in [1.54, 1.807) is 0 Å². The van der Waals surface area contributed by atoms with E-state index in [-0.39, 0.29) is 44.9 Å². The van der Waals surface area contributed by atoms with Crippen LogP contribution < -0.4 is 18.9 Å². The molecule has 1 N–H and O–H groups in total. The Hall–Kier alpha value is -3.15. The van der Waals surface area contributed by atoms with Gasteiger partial charge in [-0.15, -0.1) is 0 Å². The van der Waals surface area contributed by atoms with Crippen LogP contribution in [0.3, 0.4) is 0 Å². The van der Waals surface area contributed by atoms with Gasteiger partial charge in [-0.25, -0.2) is 8.42 Å². The molecule has 0 bridgehead atoms. The predicted molar refractivity (Wildman–Crippen MR) is 144 cm³/mol. The van der Waals surface area contributed by atoms with Crippen molar-refractivity contribution in [1.29, 1.82) is 0 Å². The second-order valence-electron chi connectivity index (χ2n) is 9.24. The van der Waals surface area contributed by atoms with E-state index in [0.29, 0.717) is 17.3 Å². The Bertz CT molecular complexity index is 1450. The van der Waals surface area contributed by atoms with E-state index in [1.807, 2.05) is 7.05 Å². The van der Waals surface area contributed by atoms with Crippen LogP contribution in [-0.4, -0.2) is 60.0 Å². The number of hydrogen-bond donors (Lipinski definition) is 1. The van der Waals surface area contributed by atoms with Gasteiger partial charge in [0.05, 0.1) is 36.2 Å². The first-order chi connectivity index (χ1) is 18.4. The third kappa shape index (κ3) is 7.09. The molecule has 0 spiro atoms. The molecule has 3 aromatic carbocycles. The van der Waals surface area contributed by atoms with Crippen molar-refractivity contribution in [2.24, 2.45) is 0 Å². The number of likely N-dealkylation sites (N-methyl/N-ethyl adjacent to an activating group) is 1. The number of methoxy groups -OCH3 is 2. The molecule has 1 atom stereocenters. The average Bonchev–Trinajstić information content (AvgIpc) is 3.28. The molecular weight excluding hydrogens is 557 g/mol. The molecule has 1 heterocycles. The van der Waals surface area contributed by atoms with Crippen LogP contribution in [0.1, 0.15) is 12.0 Å². The van der Waals surface area contributed by atoms with Gasteiger partial charge in [-0.1, -0.05) is 35.9 Å². The van der Waals surface area contributed by atoms with Gasteiger partial charge in [-0.3, -0.25) is 4.72 Å². The number of sulfonamides is 1. The molecule has 0 aromatic heterocycles. The number of nitrogens with zero attached hydrogens (tertiary/aromatic N) is 1. The summed E-state index contributed by atoms with van der Waals surface area (Å²) in [6, 6.07) is 12.8. The molecule has 12 heteroatoms. The van der Waals surface area contributed by atoms with E-state index in [0.717, 1.165) is 13.0 Å². The Morgan fingerprint density at radius 1 is 1.03 bits per heavy atom. The maximum atomic E-state index is 13.7. The molecule has 39 heavy (non-hydrogen) atoms.